The van der Waals surface area contributed by atoms with E-state index >= 15 is 0 Å². The summed E-state index contributed by atoms with van der Waals surface area (Å²) in [6, 6.07) is 4.90. The molecule has 0 bridgehead atoms. The molecule has 0 saturated carbocycles. The molecule has 3 heteroatoms. The molecule has 1 aromatic rings. The normalized spacial score (nSPS) is 12.5. The molecule has 0 fully saturated rings. The maximum Gasteiger partial charge on any atom is 0.131 e. The molecular weight excluding hydrogens is 193 g/mol. The molecule has 1 unspecified atom stereocenters. The lowest BCUT2D eigenvalue weighted by Gasteiger charge is -2.16. The van der Waals surface area contributed by atoms with Crippen LogP contribution in [-0.2, 0) is 0 Å². The van der Waals surface area contributed by atoms with Crippen LogP contribution in [0.4, 0.5) is 4.39 Å². The van der Waals surface area contributed by atoms with Crippen molar-refractivity contribution in [3.8, 4) is 5.75 Å². The quantitative estimate of drug-likeness (QED) is 0.808. The predicted molar refractivity (Wildman–Crippen MR) is 59.7 cm³/mol. The SMILES string of the molecule is CCCOc1cccc(F)c1C(C)NC. The molecule has 1 N–H and O–H groups in total. The summed E-state index contributed by atoms with van der Waals surface area (Å²) in [5, 5.41) is 3.02. The van der Waals surface area contributed by atoms with E-state index in [0.717, 1.165) is 6.42 Å². The number of benzene rings is 1. The highest BCUT2D eigenvalue weighted by molar-refractivity contribution is 5.36. The molecule has 0 radical (unpaired) electrons. The predicted octanol–water partition coefficient (Wildman–Crippen LogP) is 2.89. The van der Waals surface area contributed by atoms with Crippen LogP contribution in [0.5, 0.6) is 5.75 Å². The first-order valence-electron chi connectivity index (χ1n) is 5.29. The summed E-state index contributed by atoms with van der Waals surface area (Å²) in [5.41, 5.74) is 0.605. The molecule has 1 atom stereocenters. The van der Waals surface area contributed by atoms with Crippen LogP contribution >= 0.6 is 0 Å². The summed E-state index contributed by atoms with van der Waals surface area (Å²) >= 11 is 0. The number of ether oxygens (including phenoxy) is 1. The molecule has 84 valence electrons. The third-order valence-electron chi connectivity index (χ3n) is 2.34. The summed E-state index contributed by atoms with van der Waals surface area (Å²) in [7, 11) is 1.81. The third kappa shape index (κ3) is 2.93. The summed E-state index contributed by atoms with van der Waals surface area (Å²) in [4.78, 5) is 0. The summed E-state index contributed by atoms with van der Waals surface area (Å²) < 4.78 is 19.1. The smallest absolute Gasteiger partial charge is 0.131 e. The van der Waals surface area contributed by atoms with Crippen LogP contribution in [-0.4, -0.2) is 13.7 Å². The van der Waals surface area contributed by atoms with Crippen LogP contribution in [0.1, 0.15) is 31.9 Å². The highest BCUT2D eigenvalue weighted by atomic mass is 19.1. The molecule has 1 aromatic carbocycles. The van der Waals surface area contributed by atoms with Crippen LogP contribution in [0.2, 0.25) is 0 Å². The van der Waals surface area contributed by atoms with Gasteiger partial charge in [-0.15, -0.1) is 0 Å². The zero-order valence-corrected chi connectivity index (χ0v) is 9.51. The van der Waals surface area contributed by atoms with E-state index in [0.29, 0.717) is 17.9 Å². The molecule has 15 heavy (non-hydrogen) atoms. The zero-order valence-electron chi connectivity index (χ0n) is 9.51. The van der Waals surface area contributed by atoms with Crippen molar-refractivity contribution in [2.75, 3.05) is 13.7 Å². The lowest BCUT2D eigenvalue weighted by Crippen LogP contribution is -2.15. The van der Waals surface area contributed by atoms with Gasteiger partial charge < -0.3 is 10.1 Å². The van der Waals surface area contributed by atoms with Gasteiger partial charge >= 0.3 is 0 Å². The Hall–Kier alpha value is -1.09. The fraction of sp³-hybridized carbons (Fsp3) is 0.500. The highest BCUT2D eigenvalue weighted by Crippen LogP contribution is 2.27. The van der Waals surface area contributed by atoms with Gasteiger partial charge in [-0.1, -0.05) is 13.0 Å². The molecule has 0 aromatic heterocycles. The number of rotatable bonds is 5. The maximum atomic E-state index is 13.6. The molecule has 0 spiro atoms. The number of hydrogen-bond donors (Lipinski definition) is 1. The van der Waals surface area contributed by atoms with E-state index in [1.165, 1.54) is 6.07 Å². The van der Waals surface area contributed by atoms with Gasteiger partial charge in [0.1, 0.15) is 11.6 Å². The van der Waals surface area contributed by atoms with E-state index in [-0.39, 0.29) is 11.9 Å². The minimum absolute atomic E-state index is 0.0435. The molecule has 0 aliphatic heterocycles. The monoisotopic (exact) mass is 211 g/mol. The van der Waals surface area contributed by atoms with E-state index in [1.54, 1.807) is 13.1 Å². The molecule has 0 aliphatic carbocycles. The van der Waals surface area contributed by atoms with Crippen LogP contribution in [0.3, 0.4) is 0 Å². The zero-order chi connectivity index (χ0) is 11.3. The van der Waals surface area contributed by atoms with Gasteiger partial charge in [-0.3, -0.25) is 0 Å². The minimum atomic E-state index is -0.217. The Morgan fingerprint density at radius 2 is 2.20 bits per heavy atom. The first-order chi connectivity index (χ1) is 7.20. The maximum absolute atomic E-state index is 13.6. The molecule has 0 heterocycles. The second-order valence-electron chi connectivity index (χ2n) is 3.51. The summed E-state index contributed by atoms with van der Waals surface area (Å²) in [6.07, 6.45) is 0.921. The van der Waals surface area contributed by atoms with Crippen LogP contribution in [0, 0.1) is 5.82 Å². The molecule has 1 rings (SSSR count). The van der Waals surface area contributed by atoms with Gasteiger partial charge in [0.25, 0.3) is 0 Å². The fourth-order valence-corrected chi connectivity index (χ4v) is 1.42. The van der Waals surface area contributed by atoms with Crippen molar-refractivity contribution in [2.45, 2.75) is 26.3 Å². The number of halogens is 1. The molecular formula is C12H18FNO. The largest absolute Gasteiger partial charge is 0.493 e. The Bertz CT molecular complexity index is 314. The van der Waals surface area contributed by atoms with Crippen LogP contribution in [0.25, 0.3) is 0 Å². The van der Waals surface area contributed by atoms with Crippen molar-refractivity contribution in [1.82, 2.24) is 5.32 Å². The second-order valence-corrected chi connectivity index (χ2v) is 3.51. The summed E-state index contributed by atoms with van der Waals surface area (Å²) in [5.74, 6) is 0.421. The Morgan fingerprint density at radius 1 is 1.47 bits per heavy atom. The first-order valence-corrected chi connectivity index (χ1v) is 5.29. The van der Waals surface area contributed by atoms with Gasteiger partial charge in [0.15, 0.2) is 0 Å². The average Bonchev–Trinajstić information content (AvgIpc) is 2.25. The van der Waals surface area contributed by atoms with Gasteiger partial charge in [0, 0.05) is 11.6 Å². The number of hydrogen-bond acceptors (Lipinski definition) is 2. The minimum Gasteiger partial charge on any atom is -0.493 e. The van der Waals surface area contributed by atoms with E-state index in [4.69, 9.17) is 4.74 Å². The van der Waals surface area contributed by atoms with E-state index in [9.17, 15) is 4.39 Å². The third-order valence-corrected chi connectivity index (χ3v) is 2.34. The van der Waals surface area contributed by atoms with Gasteiger partial charge in [-0.05, 0) is 32.5 Å². The Kier molecular flexibility index (Phi) is 4.56. The van der Waals surface area contributed by atoms with E-state index < -0.39 is 0 Å². The highest BCUT2D eigenvalue weighted by Gasteiger charge is 2.14. The Labute approximate surface area is 90.4 Å². The van der Waals surface area contributed by atoms with E-state index in [2.05, 4.69) is 5.32 Å². The standard InChI is InChI=1S/C12H18FNO/c1-4-8-15-11-7-5-6-10(13)12(11)9(2)14-3/h5-7,9,14H,4,8H2,1-3H3. The summed E-state index contributed by atoms with van der Waals surface area (Å²) in [6.45, 7) is 4.56. The molecule has 0 saturated heterocycles. The topological polar surface area (TPSA) is 21.3 Å². The second kappa shape index (κ2) is 5.71. The van der Waals surface area contributed by atoms with Gasteiger partial charge in [-0.2, -0.15) is 0 Å². The van der Waals surface area contributed by atoms with Gasteiger partial charge in [0.2, 0.25) is 0 Å². The van der Waals surface area contributed by atoms with Crippen molar-refractivity contribution in [2.24, 2.45) is 0 Å². The van der Waals surface area contributed by atoms with Crippen LogP contribution in [0.15, 0.2) is 18.2 Å². The van der Waals surface area contributed by atoms with Gasteiger partial charge in [-0.25, -0.2) is 4.39 Å². The molecule has 2 nitrogen and oxygen atoms in total. The van der Waals surface area contributed by atoms with Crippen molar-refractivity contribution in [3.63, 3.8) is 0 Å². The van der Waals surface area contributed by atoms with Crippen molar-refractivity contribution in [1.29, 1.82) is 0 Å². The lowest BCUT2D eigenvalue weighted by atomic mass is 10.1. The average molecular weight is 211 g/mol. The Balaban J connectivity index is 2.97. The van der Waals surface area contributed by atoms with E-state index in [1.807, 2.05) is 19.9 Å². The van der Waals surface area contributed by atoms with Crippen LogP contribution < -0.4 is 10.1 Å². The van der Waals surface area contributed by atoms with Gasteiger partial charge in [0.05, 0.1) is 6.61 Å². The lowest BCUT2D eigenvalue weighted by molar-refractivity contribution is 0.308. The van der Waals surface area contributed by atoms with Crippen molar-refractivity contribution in [3.05, 3.63) is 29.6 Å². The Morgan fingerprint density at radius 3 is 2.80 bits per heavy atom. The first kappa shape index (κ1) is 12.0. The van der Waals surface area contributed by atoms with Crippen molar-refractivity contribution < 1.29 is 9.13 Å². The number of nitrogens with one attached hydrogen (secondary N) is 1. The fourth-order valence-electron chi connectivity index (χ4n) is 1.42. The molecule has 0 aliphatic rings. The molecule has 0 amide bonds. The van der Waals surface area contributed by atoms with Crippen molar-refractivity contribution >= 4 is 0 Å².